The minimum absolute atomic E-state index is 0.125. The van der Waals surface area contributed by atoms with Crippen molar-refractivity contribution in [3.05, 3.63) is 0 Å². The van der Waals surface area contributed by atoms with Crippen molar-refractivity contribution < 1.29 is 4.74 Å². The number of rotatable bonds is 2. The van der Waals surface area contributed by atoms with Gasteiger partial charge in [0.1, 0.15) is 5.72 Å². The summed E-state index contributed by atoms with van der Waals surface area (Å²) in [7, 11) is 5.69. The van der Waals surface area contributed by atoms with E-state index in [0.29, 0.717) is 0 Å². The zero-order valence-corrected chi connectivity index (χ0v) is 6.36. The summed E-state index contributed by atoms with van der Waals surface area (Å²) in [6.45, 7) is 4.04. The monoisotopic (exact) mass is 117 g/mol. The molecule has 0 radical (unpaired) electrons. The highest BCUT2D eigenvalue weighted by Gasteiger charge is 2.17. The Kier molecular flexibility index (Phi) is 2.44. The van der Waals surface area contributed by atoms with E-state index in [2.05, 4.69) is 0 Å². The van der Waals surface area contributed by atoms with Crippen LogP contribution in [-0.4, -0.2) is 31.8 Å². The van der Waals surface area contributed by atoms with Gasteiger partial charge in [0.15, 0.2) is 0 Å². The molecule has 0 aliphatic heterocycles. The molecule has 0 aromatic carbocycles. The van der Waals surface area contributed by atoms with Crippen molar-refractivity contribution in [2.45, 2.75) is 19.6 Å². The van der Waals surface area contributed by atoms with Gasteiger partial charge in [0.25, 0.3) is 0 Å². The summed E-state index contributed by atoms with van der Waals surface area (Å²) in [6, 6.07) is 0. The van der Waals surface area contributed by atoms with Crippen LogP contribution < -0.4 is 0 Å². The lowest BCUT2D eigenvalue weighted by Crippen LogP contribution is -2.39. The lowest BCUT2D eigenvalue weighted by molar-refractivity contribution is -0.0838. The summed E-state index contributed by atoms with van der Waals surface area (Å²) in [4.78, 5) is 2.02. The second-order valence-corrected chi connectivity index (χ2v) is 2.55. The second kappa shape index (κ2) is 2.46. The van der Waals surface area contributed by atoms with Crippen LogP contribution in [0.2, 0.25) is 0 Å². The van der Waals surface area contributed by atoms with Gasteiger partial charge in [-0.05, 0) is 27.9 Å². The van der Waals surface area contributed by atoms with Gasteiger partial charge < -0.3 is 4.74 Å². The van der Waals surface area contributed by atoms with Crippen molar-refractivity contribution in [2.75, 3.05) is 21.2 Å². The van der Waals surface area contributed by atoms with Gasteiger partial charge in [-0.1, -0.05) is 0 Å². The molecule has 0 atom stereocenters. The van der Waals surface area contributed by atoms with Gasteiger partial charge in [-0.2, -0.15) is 0 Å². The van der Waals surface area contributed by atoms with Crippen molar-refractivity contribution in [1.29, 1.82) is 0 Å². The van der Waals surface area contributed by atoms with Crippen molar-refractivity contribution in [2.24, 2.45) is 0 Å². The quantitative estimate of drug-likeness (QED) is 0.499. The zero-order valence-electron chi connectivity index (χ0n) is 6.36. The van der Waals surface area contributed by atoms with E-state index < -0.39 is 0 Å². The third-order valence-corrected chi connectivity index (χ3v) is 1.58. The summed E-state index contributed by atoms with van der Waals surface area (Å²) in [5.74, 6) is 0. The fourth-order valence-corrected chi connectivity index (χ4v) is 0.183. The molecular formula is C6H15NO. The van der Waals surface area contributed by atoms with E-state index in [4.69, 9.17) is 4.74 Å². The molecule has 0 unspecified atom stereocenters. The lowest BCUT2D eigenvalue weighted by Gasteiger charge is -2.30. The first-order valence-electron chi connectivity index (χ1n) is 2.73. The molecule has 0 aromatic rings. The fourth-order valence-electron chi connectivity index (χ4n) is 0.183. The topological polar surface area (TPSA) is 12.5 Å². The summed E-state index contributed by atoms with van der Waals surface area (Å²) in [5, 5.41) is 0. The molecule has 0 aliphatic carbocycles. The Morgan fingerprint density at radius 2 is 1.62 bits per heavy atom. The standard InChI is InChI=1S/C6H15NO/c1-6(2,8-5)7(3)4/h1-5H3. The van der Waals surface area contributed by atoms with Crippen molar-refractivity contribution in [3.63, 3.8) is 0 Å². The third-order valence-electron chi connectivity index (χ3n) is 1.58. The van der Waals surface area contributed by atoms with Crippen molar-refractivity contribution in [3.8, 4) is 0 Å². The molecule has 50 valence electrons. The first-order chi connectivity index (χ1) is 3.50. The smallest absolute Gasteiger partial charge is 0.115 e. The van der Waals surface area contributed by atoms with E-state index in [1.54, 1.807) is 7.11 Å². The van der Waals surface area contributed by atoms with E-state index in [-0.39, 0.29) is 5.72 Å². The van der Waals surface area contributed by atoms with E-state index in [1.165, 1.54) is 0 Å². The maximum Gasteiger partial charge on any atom is 0.115 e. The molecule has 0 N–H and O–H groups in total. The molecule has 0 saturated heterocycles. The first-order valence-corrected chi connectivity index (χ1v) is 2.73. The Hall–Kier alpha value is -0.0800. The maximum absolute atomic E-state index is 5.12. The molecule has 0 rings (SSSR count). The van der Waals surface area contributed by atoms with Crippen LogP contribution >= 0.6 is 0 Å². The Morgan fingerprint density at radius 1 is 1.25 bits per heavy atom. The van der Waals surface area contributed by atoms with Gasteiger partial charge >= 0.3 is 0 Å². The second-order valence-electron chi connectivity index (χ2n) is 2.55. The number of nitrogens with zero attached hydrogens (tertiary/aromatic N) is 1. The molecule has 0 amide bonds. The van der Waals surface area contributed by atoms with E-state index in [9.17, 15) is 0 Å². The highest BCUT2D eigenvalue weighted by Crippen LogP contribution is 2.08. The van der Waals surface area contributed by atoms with Gasteiger partial charge in [-0.25, -0.2) is 0 Å². The normalized spacial score (nSPS) is 12.8. The van der Waals surface area contributed by atoms with Crippen LogP contribution in [0.3, 0.4) is 0 Å². The highest BCUT2D eigenvalue weighted by atomic mass is 16.5. The first kappa shape index (κ1) is 7.92. The molecule has 8 heavy (non-hydrogen) atoms. The lowest BCUT2D eigenvalue weighted by atomic mass is 10.3. The van der Waals surface area contributed by atoms with Gasteiger partial charge in [0.05, 0.1) is 0 Å². The average molecular weight is 117 g/mol. The van der Waals surface area contributed by atoms with E-state index >= 15 is 0 Å². The van der Waals surface area contributed by atoms with Crippen LogP contribution in [0.5, 0.6) is 0 Å². The van der Waals surface area contributed by atoms with Crippen LogP contribution in [0.1, 0.15) is 13.8 Å². The van der Waals surface area contributed by atoms with E-state index in [1.807, 2.05) is 32.8 Å². The minimum atomic E-state index is -0.125. The largest absolute Gasteiger partial charge is 0.364 e. The Labute approximate surface area is 51.4 Å². The molecule has 2 heteroatoms. The van der Waals surface area contributed by atoms with Crippen LogP contribution in [0.4, 0.5) is 0 Å². The molecule has 0 aromatic heterocycles. The number of hydrogen-bond donors (Lipinski definition) is 0. The zero-order chi connectivity index (χ0) is 6.78. The number of hydrogen-bond acceptors (Lipinski definition) is 2. The molecule has 2 nitrogen and oxygen atoms in total. The fraction of sp³-hybridized carbons (Fsp3) is 1.00. The van der Waals surface area contributed by atoms with Gasteiger partial charge in [0.2, 0.25) is 0 Å². The molecule has 0 fully saturated rings. The summed E-state index contributed by atoms with van der Waals surface area (Å²) in [5.41, 5.74) is -0.125. The van der Waals surface area contributed by atoms with E-state index in [0.717, 1.165) is 0 Å². The van der Waals surface area contributed by atoms with Crippen LogP contribution in [0.25, 0.3) is 0 Å². The van der Waals surface area contributed by atoms with Crippen molar-refractivity contribution in [1.82, 2.24) is 4.90 Å². The molecule has 0 heterocycles. The Bertz CT molecular complexity index is 68.9. The van der Waals surface area contributed by atoms with Crippen LogP contribution in [0.15, 0.2) is 0 Å². The van der Waals surface area contributed by atoms with Crippen LogP contribution in [-0.2, 0) is 4.74 Å². The molecular weight excluding hydrogens is 102 g/mol. The predicted molar refractivity (Wildman–Crippen MR) is 34.8 cm³/mol. The maximum atomic E-state index is 5.12. The molecule has 0 aliphatic rings. The van der Waals surface area contributed by atoms with Crippen LogP contribution in [0, 0.1) is 0 Å². The average Bonchev–Trinajstić information content (AvgIpc) is 1.67. The predicted octanol–water partition coefficient (Wildman–Crippen LogP) is 0.930. The third kappa shape index (κ3) is 1.80. The van der Waals surface area contributed by atoms with Gasteiger partial charge in [-0.15, -0.1) is 0 Å². The Morgan fingerprint density at radius 3 is 1.62 bits per heavy atom. The molecule has 0 bridgehead atoms. The summed E-state index contributed by atoms with van der Waals surface area (Å²) < 4.78 is 5.12. The summed E-state index contributed by atoms with van der Waals surface area (Å²) >= 11 is 0. The van der Waals surface area contributed by atoms with Gasteiger partial charge in [-0.3, -0.25) is 4.90 Å². The number of methoxy groups -OCH3 is 1. The molecule has 0 saturated carbocycles. The minimum Gasteiger partial charge on any atom is -0.364 e. The SMILES string of the molecule is COC(C)(C)N(C)C. The number of ether oxygens (including phenoxy) is 1. The molecule has 0 spiro atoms. The summed E-state index contributed by atoms with van der Waals surface area (Å²) in [6.07, 6.45) is 0. The van der Waals surface area contributed by atoms with Gasteiger partial charge in [0, 0.05) is 7.11 Å². The highest BCUT2D eigenvalue weighted by molar-refractivity contribution is 4.61. The van der Waals surface area contributed by atoms with Crippen molar-refractivity contribution >= 4 is 0 Å². The Balaban J connectivity index is 3.71.